The Balaban J connectivity index is 1.03. The van der Waals surface area contributed by atoms with Crippen molar-refractivity contribution in [2.24, 2.45) is 11.8 Å². The van der Waals surface area contributed by atoms with Crippen LogP contribution in [-0.4, -0.2) is 131 Å². The summed E-state index contributed by atoms with van der Waals surface area (Å²) < 4.78 is 48.3. The number of hydrogen-bond donors (Lipinski definition) is 5. The van der Waals surface area contributed by atoms with Crippen molar-refractivity contribution in [3.05, 3.63) is 71.8 Å². The van der Waals surface area contributed by atoms with Gasteiger partial charge in [-0.15, -0.1) is 0 Å². The van der Waals surface area contributed by atoms with Gasteiger partial charge in [-0.05, 0) is 30.9 Å². The van der Waals surface area contributed by atoms with Crippen molar-refractivity contribution in [1.29, 1.82) is 0 Å². The molecule has 17 heteroatoms. The Morgan fingerprint density at radius 1 is 0.737 bits per heavy atom. The maximum Gasteiger partial charge on any atom is 0.410 e. The molecule has 0 spiro atoms. The second kappa shape index (κ2) is 17.8. The van der Waals surface area contributed by atoms with Gasteiger partial charge in [0.15, 0.2) is 25.0 Å². The smallest absolute Gasteiger partial charge is 0.410 e. The van der Waals surface area contributed by atoms with Gasteiger partial charge in [-0.3, -0.25) is 4.90 Å². The van der Waals surface area contributed by atoms with Crippen LogP contribution in [0.3, 0.4) is 0 Å². The standard InChI is InChI=1S/C40H53N3O14/c1-20-15-29-33(34-30(43(4)40(49)56-34)36(54-29)57-37-32(46)31(45)21(2)22(3)52-37)55-35(20)53-28-17-27(44)25(41-38(47)50-18-23-11-7-5-8-12-23)16-26(28)42-39(48)51-19-24-13-9-6-10-14-24/h5-14,20-22,25-37,44-46H,15-19H2,1-4H3,(H,41,47)(H,42,48)/t20?,21-,22?,25-,26?,27?,28+,29+,30?,31+,32?,33?,34?,35+,36?,37-/m1/s1. The largest absolute Gasteiger partial charge is 0.445 e. The number of carbonyl (C=O) groups is 3. The van der Waals surface area contributed by atoms with Crippen LogP contribution < -0.4 is 10.6 Å². The van der Waals surface area contributed by atoms with Gasteiger partial charge in [-0.1, -0.05) is 74.5 Å². The van der Waals surface area contributed by atoms with E-state index >= 15 is 0 Å². The van der Waals surface area contributed by atoms with Crippen LogP contribution in [0, 0.1) is 11.8 Å². The number of amides is 3. The zero-order valence-corrected chi connectivity index (χ0v) is 32.3. The topological polar surface area (TPSA) is 213 Å². The van der Waals surface area contributed by atoms with E-state index in [1.54, 1.807) is 20.9 Å². The number of alkyl carbamates (subject to hydrolysis) is 2. The summed E-state index contributed by atoms with van der Waals surface area (Å²) in [4.78, 5) is 40.3. The van der Waals surface area contributed by atoms with Crippen molar-refractivity contribution < 1.29 is 67.6 Å². The van der Waals surface area contributed by atoms with E-state index in [4.69, 9.17) is 37.9 Å². The summed E-state index contributed by atoms with van der Waals surface area (Å²) in [5, 5.41) is 38.3. The normalized spacial score (nSPS) is 38.9. The molecule has 0 radical (unpaired) electrons. The quantitative estimate of drug-likeness (QED) is 0.219. The van der Waals surface area contributed by atoms with Crippen molar-refractivity contribution in [3.8, 4) is 0 Å². The molecular formula is C40H53N3O14. The summed E-state index contributed by atoms with van der Waals surface area (Å²) in [6, 6.07) is 16.1. The van der Waals surface area contributed by atoms with Crippen LogP contribution in [0.15, 0.2) is 60.7 Å². The lowest BCUT2D eigenvalue weighted by atomic mass is 9.85. The van der Waals surface area contributed by atoms with Crippen molar-refractivity contribution in [2.45, 2.75) is 139 Å². The molecule has 0 bridgehead atoms. The summed E-state index contributed by atoms with van der Waals surface area (Å²) in [7, 11) is 1.54. The molecule has 312 valence electrons. The van der Waals surface area contributed by atoms with Gasteiger partial charge in [0.25, 0.3) is 0 Å². The molecule has 7 rings (SSSR count). The second-order valence-electron chi connectivity index (χ2n) is 15.7. The number of ether oxygens (including phenoxy) is 8. The first-order valence-corrected chi connectivity index (χ1v) is 19.6. The summed E-state index contributed by atoms with van der Waals surface area (Å²) in [6.45, 7) is 5.51. The van der Waals surface area contributed by atoms with Crippen LogP contribution in [0.4, 0.5) is 14.4 Å². The first-order valence-electron chi connectivity index (χ1n) is 19.6. The number of fused-ring (bicyclic) bond motifs is 3. The number of aliphatic hydroxyl groups is 3. The molecule has 5 fully saturated rings. The number of nitrogens with one attached hydrogen (secondary N) is 2. The SMILES string of the molecule is CC1C[C@@H]2OC(O[C@H]3OC(C)[C@@H](C)[C@H](O)C3O)C3C(OC(=O)N3C)C2O[C@@H]1O[C@H]1CC(O)[C@H](NC(=O)OCc2ccccc2)CC1NC(=O)OCc1ccccc1. The van der Waals surface area contributed by atoms with Gasteiger partial charge in [-0.25, -0.2) is 14.4 Å². The number of carbonyl (C=O) groups excluding carboxylic acids is 3. The Kier molecular flexibility index (Phi) is 12.9. The number of nitrogens with zero attached hydrogens (tertiary/aromatic N) is 1. The van der Waals surface area contributed by atoms with Crippen LogP contribution in [0.2, 0.25) is 0 Å². The molecule has 1 aliphatic carbocycles. The minimum Gasteiger partial charge on any atom is -0.445 e. The van der Waals surface area contributed by atoms with E-state index in [2.05, 4.69) is 10.6 Å². The maximum atomic E-state index is 13.2. The van der Waals surface area contributed by atoms with Gasteiger partial charge in [0, 0.05) is 25.3 Å². The second-order valence-corrected chi connectivity index (χ2v) is 15.7. The van der Waals surface area contributed by atoms with E-state index in [1.807, 2.05) is 67.6 Å². The molecule has 5 N–H and O–H groups in total. The van der Waals surface area contributed by atoms with Gasteiger partial charge in [0.1, 0.15) is 31.5 Å². The van der Waals surface area contributed by atoms with E-state index in [9.17, 15) is 29.7 Å². The molecule has 1 saturated carbocycles. The number of likely N-dealkylation sites (N-methyl/N-ethyl adjacent to an activating group) is 1. The highest BCUT2D eigenvalue weighted by Gasteiger charge is 2.60. The van der Waals surface area contributed by atoms with Crippen molar-refractivity contribution >= 4 is 18.3 Å². The molecule has 3 amide bonds. The Morgan fingerprint density at radius 3 is 1.98 bits per heavy atom. The number of hydrogen-bond acceptors (Lipinski definition) is 14. The number of benzene rings is 2. The summed E-state index contributed by atoms with van der Waals surface area (Å²) in [5.41, 5.74) is 1.59. The maximum absolute atomic E-state index is 13.2. The Morgan fingerprint density at radius 2 is 1.35 bits per heavy atom. The summed E-state index contributed by atoms with van der Waals surface area (Å²) in [5.74, 6) is -0.638. The molecular weight excluding hydrogens is 746 g/mol. The average molecular weight is 800 g/mol. The van der Waals surface area contributed by atoms with Crippen LogP contribution in [0.1, 0.15) is 51.2 Å². The van der Waals surface area contributed by atoms with Crippen molar-refractivity contribution in [1.82, 2.24) is 15.5 Å². The predicted octanol–water partition coefficient (Wildman–Crippen LogP) is 2.53. The van der Waals surface area contributed by atoms with E-state index in [1.165, 1.54) is 4.90 Å². The number of aliphatic hydroxyl groups excluding tert-OH is 3. The van der Waals surface area contributed by atoms with Gasteiger partial charge in [0.05, 0.1) is 42.6 Å². The molecule has 4 heterocycles. The molecule has 2 aromatic carbocycles. The molecule has 16 atom stereocenters. The summed E-state index contributed by atoms with van der Waals surface area (Å²) in [6.07, 6.45) is -11.8. The van der Waals surface area contributed by atoms with E-state index in [0.717, 1.165) is 11.1 Å². The van der Waals surface area contributed by atoms with Gasteiger partial charge < -0.3 is 63.8 Å². The third-order valence-corrected chi connectivity index (χ3v) is 11.7. The van der Waals surface area contributed by atoms with Crippen LogP contribution in [-0.2, 0) is 51.1 Å². The lowest BCUT2D eigenvalue weighted by Crippen LogP contribution is -2.66. The van der Waals surface area contributed by atoms with Gasteiger partial charge >= 0.3 is 18.3 Å². The minimum atomic E-state index is -1.35. The Labute approximate surface area is 330 Å². The molecule has 0 aromatic heterocycles. The Hall–Kier alpha value is -4.07. The zero-order valence-electron chi connectivity index (χ0n) is 32.3. The zero-order chi connectivity index (χ0) is 40.4. The van der Waals surface area contributed by atoms with Crippen molar-refractivity contribution in [2.75, 3.05) is 7.05 Å². The average Bonchev–Trinajstić information content (AvgIpc) is 3.50. The highest BCUT2D eigenvalue weighted by Crippen LogP contribution is 2.42. The molecule has 5 aliphatic rings. The third kappa shape index (κ3) is 9.31. The lowest BCUT2D eigenvalue weighted by molar-refractivity contribution is -0.375. The fourth-order valence-electron chi connectivity index (χ4n) is 8.17. The fraction of sp³-hybridized carbons (Fsp3) is 0.625. The van der Waals surface area contributed by atoms with Crippen LogP contribution in [0.5, 0.6) is 0 Å². The van der Waals surface area contributed by atoms with Crippen molar-refractivity contribution in [3.63, 3.8) is 0 Å². The molecule has 4 aliphatic heterocycles. The minimum absolute atomic E-state index is 0.0107. The Bertz CT molecular complexity index is 1680. The first-order chi connectivity index (χ1) is 27.4. The third-order valence-electron chi connectivity index (χ3n) is 11.7. The van der Waals surface area contributed by atoms with Crippen LogP contribution >= 0.6 is 0 Å². The summed E-state index contributed by atoms with van der Waals surface area (Å²) >= 11 is 0. The highest BCUT2D eigenvalue weighted by atomic mass is 16.8. The highest BCUT2D eigenvalue weighted by molar-refractivity contribution is 5.71. The van der Waals surface area contributed by atoms with E-state index in [0.29, 0.717) is 6.42 Å². The molecule has 2 aromatic rings. The number of rotatable bonds is 10. The van der Waals surface area contributed by atoms with Crippen LogP contribution in [0.25, 0.3) is 0 Å². The molecule has 4 saturated heterocycles. The molecule has 9 unspecified atom stereocenters. The first kappa shape index (κ1) is 41.1. The fourth-order valence-corrected chi connectivity index (χ4v) is 8.17. The molecule has 17 nitrogen and oxygen atoms in total. The van der Waals surface area contributed by atoms with Gasteiger partial charge in [0.2, 0.25) is 0 Å². The van der Waals surface area contributed by atoms with E-state index in [-0.39, 0.29) is 37.9 Å². The molecule has 57 heavy (non-hydrogen) atoms. The lowest BCUT2D eigenvalue weighted by Gasteiger charge is -2.50. The predicted molar refractivity (Wildman–Crippen MR) is 197 cm³/mol. The van der Waals surface area contributed by atoms with E-state index < -0.39 is 104 Å². The monoisotopic (exact) mass is 799 g/mol. The van der Waals surface area contributed by atoms with Gasteiger partial charge in [-0.2, -0.15) is 0 Å².